The molecule has 0 radical (unpaired) electrons. The van der Waals surface area contributed by atoms with Gasteiger partial charge in [0.25, 0.3) is 5.91 Å². The topological polar surface area (TPSA) is 84.5 Å². The van der Waals surface area contributed by atoms with Crippen LogP contribution in [-0.4, -0.2) is 39.8 Å². The third-order valence-electron chi connectivity index (χ3n) is 2.60. The van der Waals surface area contributed by atoms with Gasteiger partial charge >= 0.3 is 0 Å². The molecule has 21 heavy (non-hydrogen) atoms. The van der Waals surface area contributed by atoms with Gasteiger partial charge in [0.1, 0.15) is 5.75 Å². The zero-order valence-corrected chi connectivity index (χ0v) is 13.7. The Morgan fingerprint density at radius 2 is 2.05 bits per heavy atom. The highest BCUT2D eigenvalue weighted by atomic mass is 35.5. The van der Waals surface area contributed by atoms with Crippen molar-refractivity contribution in [1.82, 2.24) is 10.0 Å². The van der Waals surface area contributed by atoms with E-state index in [4.69, 9.17) is 16.3 Å². The number of aryl methyl sites for hydroxylation is 1. The summed E-state index contributed by atoms with van der Waals surface area (Å²) in [6.45, 7) is 3.78. The standard InChI is InChI=1S/C13H19ClN2O4S/c1-9-8-11(14)4-5-12(9)20-10(2)13(17)15-6-7-16-21(3,18)19/h4-5,8,10,16H,6-7H2,1-3H3,(H,15,17)/t10-/m1/s1. The van der Waals surface area contributed by atoms with Crippen LogP contribution in [0.1, 0.15) is 12.5 Å². The van der Waals surface area contributed by atoms with Gasteiger partial charge in [-0.1, -0.05) is 11.6 Å². The lowest BCUT2D eigenvalue weighted by Crippen LogP contribution is -2.40. The maximum atomic E-state index is 11.8. The summed E-state index contributed by atoms with van der Waals surface area (Å²) in [5, 5.41) is 3.19. The van der Waals surface area contributed by atoms with E-state index in [2.05, 4.69) is 10.0 Å². The van der Waals surface area contributed by atoms with E-state index < -0.39 is 16.1 Å². The highest BCUT2D eigenvalue weighted by Gasteiger charge is 2.15. The Morgan fingerprint density at radius 1 is 1.38 bits per heavy atom. The van der Waals surface area contributed by atoms with Crippen LogP contribution < -0.4 is 14.8 Å². The SMILES string of the molecule is Cc1cc(Cl)ccc1O[C@H](C)C(=O)NCCNS(C)(=O)=O. The van der Waals surface area contributed by atoms with Gasteiger partial charge in [0.05, 0.1) is 6.26 Å². The van der Waals surface area contributed by atoms with Crippen molar-refractivity contribution in [2.45, 2.75) is 20.0 Å². The lowest BCUT2D eigenvalue weighted by atomic mass is 10.2. The second kappa shape index (κ2) is 7.63. The van der Waals surface area contributed by atoms with Crippen LogP contribution in [0.4, 0.5) is 0 Å². The number of benzene rings is 1. The van der Waals surface area contributed by atoms with E-state index in [1.165, 1.54) is 0 Å². The number of hydrogen-bond acceptors (Lipinski definition) is 4. The molecule has 1 atom stereocenters. The second-order valence-corrected chi connectivity index (χ2v) is 6.90. The number of nitrogens with one attached hydrogen (secondary N) is 2. The summed E-state index contributed by atoms with van der Waals surface area (Å²) < 4.78 is 29.5. The van der Waals surface area contributed by atoms with E-state index in [1.54, 1.807) is 25.1 Å². The largest absolute Gasteiger partial charge is 0.481 e. The molecule has 0 aliphatic carbocycles. The zero-order valence-electron chi connectivity index (χ0n) is 12.1. The van der Waals surface area contributed by atoms with Crippen LogP contribution in [0.3, 0.4) is 0 Å². The lowest BCUT2D eigenvalue weighted by molar-refractivity contribution is -0.127. The van der Waals surface area contributed by atoms with Crippen molar-refractivity contribution in [3.8, 4) is 5.75 Å². The first-order chi connectivity index (χ1) is 9.69. The summed E-state index contributed by atoms with van der Waals surface area (Å²) in [4.78, 5) is 11.8. The van der Waals surface area contributed by atoms with E-state index >= 15 is 0 Å². The Balaban J connectivity index is 2.44. The summed E-state index contributed by atoms with van der Waals surface area (Å²) in [7, 11) is -3.25. The Bertz CT molecular complexity index is 604. The van der Waals surface area contributed by atoms with Gasteiger partial charge in [0.2, 0.25) is 10.0 Å². The molecule has 8 heteroatoms. The summed E-state index contributed by atoms with van der Waals surface area (Å²) in [6.07, 6.45) is 0.368. The van der Waals surface area contributed by atoms with Crippen molar-refractivity contribution in [1.29, 1.82) is 0 Å². The summed E-state index contributed by atoms with van der Waals surface area (Å²) >= 11 is 5.85. The maximum absolute atomic E-state index is 11.8. The fourth-order valence-electron chi connectivity index (χ4n) is 1.55. The van der Waals surface area contributed by atoms with Gasteiger partial charge in [-0.3, -0.25) is 4.79 Å². The molecule has 1 rings (SSSR count). The monoisotopic (exact) mass is 334 g/mol. The first kappa shape index (κ1) is 17.7. The molecule has 2 N–H and O–H groups in total. The first-order valence-corrected chi connectivity index (χ1v) is 8.61. The van der Waals surface area contributed by atoms with Gasteiger partial charge < -0.3 is 10.1 Å². The molecular formula is C13H19ClN2O4S. The Hall–Kier alpha value is -1.31. The molecule has 0 aliphatic heterocycles. The van der Waals surface area contributed by atoms with Crippen LogP contribution in [-0.2, 0) is 14.8 Å². The van der Waals surface area contributed by atoms with Gasteiger partial charge in [-0.15, -0.1) is 0 Å². The average Bonchev–Trinajstić information content (AvgIpc) is 2.36. The van der Waals surface area contributed by atoms with Gasteiger partial charge in [-0.05, 0) is 37.6 Å². The Labute approximate surface area is 129 Å². The number of halogens is 1. The van der Waals surface area contributed by atoms with Crippen molar-refractivity contribution in [2.24, 2.45) is 0 Å². The Morgan fingerprint density at radius 3 is 2.62 bits per heavy atom. The molecule has 0 heterocycles. The van der Waals surface area contributed by atoms with Crippen LogP contribution in [0.2, 0.25) is 5.02 Å². The van der Waals surface area contributed by atoms with Crippen LogP contribution in [0, 0.1) is 6.92 Å². The summed E-state index contributed by atoms with van der Waals surface area (Å²) in [6, 6.07) is 5.13. The number of carbonyl (C=O) groups excluding carboxylic acids is 1. The third-order valence-corrected chi connectivity index (χ3v) is 3.56. The quantitative estimate of drug-likeness (QED) is 0.731. The van der Waals surface area contributed by atoms with Crippen LogP contribution in [0.25, 0.3) is 0 Å². The molecule has 118 valence electrons. The van der Waals surface area contributed by atoms with Gasteiger partial charge in [-0.2, -0.15) is 0 Å². The fourth-order valence-corrected chi connectivity index (χ4v) is 2.25. The van der Waals surface area contributed by atoms with E-state index in [0.29, 0.717) is 10.8 Å². The van der Waals surface area contributed by atoms with Crippen molar-refractivity contribution in [3.05, 3.63) is 28.8 Å². The summed E-state index contributed by atoms with van der Waals surface area (Å²) in [5.41, 5.74) is 0.834. The van der Waals surface area contributed by atoms with Crippen molar-refractivity contribution in [2.75, 3.05) is 19.3 Å². The molecule has 0 bridgehead atoms. The molecule has 0 aromatic heterocycles. The van der Waals surface area contributed by atoms with Crippen LogP contribution in [0.15, 0.2) is 18.2 Å². The minimum Gasteiger partial charge on any atom is -0.481 e. The molecule has 0 saturated carbocycles. The minimum absolute atomic E-state index is 0.136. The molecule has 0 fully saturated rings. The third kappa shape index (κ3) is 6.79. The number of carbonyl (C=O) groups is 1. The van der Waals surface area contributed by atoms with Crippen LogP contribution >= 0.6 is 11.6 Å². The first-order valence-electron chi connectivity index (χ1n) is 6.34. The van der Waals surface area contributed by atoms with Crippen molar-refractivity contribution < 1.29 is 17.9 Å². The Kier molecular flexibility index (Phi) is 6.44. The fraction of sp³-hybridized carbons (Fsp3) is 0.462. The lowest BCUT2D eigenvalue weighted by Gasteiger charge is -2.16. The van der Waals surface area contributed by atoms with E-state index in [9.17, 15) is 13.2 Å². The normalized spacial score (nSPS) is 12.8. The van der Waals surface area contributed by atoms with E-state index in [-0.39, 0.29) is 19.0 Å². The van der Waals surface area contributed by atoms with Gasteiger partial charge in [0.15, 0.2) is 6.10 Å². The second-order valence-electron chi connectivity index (χ2n) is 4.63. The zero-order chi connectivity index (χ0) is 16.0. The molecule has 1 aromatic carbocycles. The minimum atomic E-state index is -3.25. The molecule has 1 amide bonds. The number of ether oxygens (including phenoxy) is 1. The van der Waals surface area contributed by atoms with E-state index in [1.807, 2.05) is 6.92 Å². The number of amides is 1. The highest BCUT2D eigenvalue weighted by molar-refractivity contribution is 7.88. The highest BCUT2D eigenvalue weighted by Crippen LogP contribution is 2.22. The predicted octanol–water partition coefficient (Wildman–Crippen LogP) is 1.08. The molecule has 0 unspecified atom stereocenters. The number of hydrogen-bond donors (Lipinski definition) is 2. The molecule has 1 aromatic rings. The van der Waals surface area contributed by atoms with Crippen molar-refractivity contribution in [3.63, 3.8) is 0 Å². The molecule has 6 nitrogen and oxygen atoms in total. The number of rotatable bonds is 7. The predicted molar refractivity (Wildman–Crippen MR) is 82.1 cm³/mol. The molecular weight excluding hydrogens is 316 g/mol. The smallest absolute Gasteiger partial charge is 0.260 e. The van der Waals surface area contributed by atoms with Crippen molar-refractivity contribution >= 4 is 27.5 Å². The average molecular weight is 335 g/mol. The number of sulfonamides is 1. The van der Waals surface area contributed by atoms with E-state index in [0.717, 1.165) is 11.8 Å². The van der Waals surface area contributed by atoms with Gasteiger partial charge in [-0.25, -0.2) is 13.1 Å². The van der Waals surface area contributed by atoms with Crippen LogP contribution in [0.5, 0.6) is 5.75 Å². The molecule has 0 spiro atoms. The molecule has 0 aliphatic rings. The van der Waals surface area contributed by atoms with Gasteiger partial charge in [0, 0.05) is 18.1 Å². The maximum Gasteiger partial charge on any atom is 0.260 e. The summed E-state index contributed by atoms with van der Waals surface area (Å²) in [5.74, 6) is 0.260. The molecule has 0 saturated heterocycles.